The highest BCUT2D eigenvalue weighted by Gasteiger charge is 2.32. The molecule has 96 valence electrons. The fourth-order valence-corrected chi connectivity index (χ4v) is 2.80. The maximum absolute atomic E-state index is 5.24. The minimum Gasteiger partial charge on any atom is -0.380 e. The van der Waals surface area contributed by atoms with Gasteiger partial charge >= 0.3 is 0 Å². The normalized spacial score (nSPS) is 18.1. The maximum atomic E-state index is 5.24. The molecule has 1 aliphatic rings. The van der Waals surface area contributed by atoms with E-state index in [1.165, 1.54) is 5.69 Å². The smallest absolute Gasteiger partial charge is 0.0767 e. The third-order valence-corrected chi connectivity index (χ3v) is 4.16. The summed E-state index contributed by atoms with van der Waals surface area (Å²) in [6, 6.07) is 0. The minimum absolute atomic E-state index is 0.318. The molecule has 0 atom stereocenters. The van der Waals surface area contributed by atoms with E-state index in [0.717, 1.165) is 42.9 Å². The summed E-state index contributed by atoms with van der Waals surface area (Å²) in [6.45, 7) is 7.95. The summed E-state index contributed by atoms with van der Waals surface area (Å²) in [5.41, 5.74) is 2.66. The number of aromatic nitrogens is 2. The molecule has 0 bridgehead atoms. The maximum Gasteiger partial charge on any atom is 0.0767 e. The molecule has 0 radical (unpaired) electrons. The molecule has 0 amide bonds. The van der Waals surface area contributed by atoms with Gasteiger partial charge in [-0.3, -0.25) is 4.68 Å². The number of hydrogen-bond acceptors (Lipinski definition) is 3. The first-order valence-electron chi connectivity index (χ1n) is 6.04. The molecule has 0 unspecified atom stereocenters. The van der Waals surface area contributed by atoms with Crippen molar-refractivity contribution in [2.45, 2.75) is 26.8 Å². The van der Waals surface area contributed by atoms with Crippen LogP contribution in [-0.2, 0) is 24.8 Å². The average molecular weight is 302 g/mol. The molecule has 0 spiro atoms. The highest BCUT2D eigenvalue weighted by molar-refractivity contribution is 9.10. The molecule has 1 saturated heterocycles. The van der Waals surface area contributed by atoms with E-state index in [1.807, 2.05) is 11.7 Å². The molecule has 4 nitrogen and oxygen atoms in total. The van der Waals surface area contributed by atoms with Gasteiger partial charge in [0.1, 0.15) is 0 Å². The molecule has 1 aliphatic heterocycles. The van der Waals surface area contributed by atoms with E-state index in [1.54, 1.807) is 0 Å². The second-order valence-electron chi connectivity index (χ2n) is 5.09. The Hall–Kier alpha value is -0.390. The van der Waals surface area contributed by atoms with E-state index in [-0.39, 0.29) is 0 Å². The fourth-order valence-electron chi connectivity index (χ4n) is 2.05. The molecule has 1 aromatic rings. The average Bonchev–Trinajstić information content (AvgIpc) is 2.53. The highest BCUT2D eigenvalue weighted by Crippen LogP contribution is 2.26. The number of nitrogens with zero attached hydrogens (tertiary/aromatic N) is 2. The van der Waals surface area contributed by atoms with Crippen LogP contribution in [0.2, 0.25) is 0 Å². The summed E-state index contributed by atoms with van der Waals surface area (Å²) in [5.74, 6) is 0. The van der Waals surface area contributed by atoms with Gasteiger partial charge in [-0.1, -0.05) is 13.8 Å². The van der Waals surface area contributed by atoms with Gasteiger partial charge in [0, 0.05) is 25.6 Å². The monoisotopic (exact) mass is 301 g/mol. The number of hydrogen-bond donors (Lipinski definition) is 1. The summed E-state index contributed by atoms with van der Waals surface area (Å²) in [5, 5.41) is 7.98. The van der Waals surface area contributed by atoms with E-state index < -0.39 is 0 Å². The lowest BCUT2D eigenvalue weighted by Gasteiger charge is -2.38. The predicted molar refractivity (Wildman–Crippen MR) is 70.9 cm³/mol. The van der Waals surface area contributed by atoms with Crippen molar-refractivity contribution in [2.75, 3.05) is 19.8 Å². The zero-order chi connectivity index (χ0) is 12.5. The second-order valence-corrected chi connectivity index (χ2v) is 5.88. The third kappa shape index (κ3) is 2.72. The molecule has 17 heavy (non-hydrogen) atoms. The fraction of sp³-hybridized carbons (Fsp3) is 0.750. The lowest BCUT2D eigenvalue weighted by atomic mass is 9.89. The molecule has 1 fully saturated rings. The number of halogens is 1. The Kier molecular flexibility index (Phi) is 3.90. The molecular weight excluding hydrogens is 282 g/mol. The lowest BCUT2D eigenvalue weighted by molar-refractivity contribution is -0.0992. The van der Waals surface area contributed by atoms with E-state index in [2.05, 4.69) is 40.2 Å². The topological polar surface area (TPSA) is 39.1 Å². The second kappa shape index (κ2) is 5.08. The van der Waals surface area contributed by atoms with Crippen molar-refractivity contribution < 1.29 is 4.74 Å². The van der Waals surface area contributed by atoms with Crippen LogP contribution in [0, 0.1) is 5.41 Å². The Morgan fingerprint density at radius 3 is 2.71 bits per heavy atom. The van der Waals surface area contributed by atoms with Crippen molar-refractivity contribution >= 4 is 15.9 Å². The molecule has 2 rings (SSSR count). The zero-order valence-corrected chi connectivity index (χ0v) is 12.3. The van der Waals surface area contributed by atoms with E-state index >= 15 is 0 Å². The highest BCUT2D eigenvalue weighted by atomic mass is 79.9. The number of nitrogens with one attached hydrogen (secondary N) is 1. The van der Waals surface area contributed by atoms with Crippen LogP contribution in [-0.4, -0.2) is 29.5 Å². The summed E-state index contributed by atoms with van der Waals surface area (Å²) in [7, 11) is 2.00. The summed E-state index contributed by atoms with van der Waals surface area (Å²) in [4.78, 5) is 0. The Balaban J connectivity index is 1.92. The number of ether oxygens (including phenoxy) is 1. The van der Waals surface area contributed by atoms with Gasteiger partial charge in [0.2, 0.25) is 0 Å². The van der Waals surface area contributed by atoms with Crippen molar-refractivity contribution in [3.8, 4) is 0 Å². The van der Waals surface area contributed by atoms with Gasteiger partial charge < -0.3 is 10.1 Å². The van der Waals surface area contributed by atoms with Gasteiger partial charge in [0.15, 0.2) is 0 Å². The molecule has 0 aromatic carbocycles. The van der Waals surface area contributed by atoms with E-state index in [9.17, 15) is 0 Å². The zero-order valence-electron chi connectivity index (χ0n) is 10.7. The number of rotatable bonds is 5. The summed E-state index contributed by atoms with van der Waals surface area (Å²) in [6.07, 6.45) is 0.958. The first-order chi connectivity index (χ1) is 8.06. The van der Waals surface area contributed by atoms with Gasteiger partial charge in [-0.25, -0.2) is 0 Å². The largest absolute Gasteiger partial charge is 0.380 e. The molecule has 0 aliphatic carbocycles. The molecule has 1 aromatic heterocycles. The summed E-state index contributed by atoms with van der Waals surface area (Å²) >= 11 is 3.63. The minimum atomic E-state index is 0.318. The van der Waals surface area contributed by atoms with Gasteiger partial charge in [0.25, 0.3) is 0 Å². The molecule has 5 heteroatoms. The van der Waals surface area contributed by atoms with Crippen LogP contribution >= 0.6 is 15.9 Å². The Labute approximate surface area is 111 Å². The molecular formula is C12H20BrN3O. The molecule has 1 N–H and O–H groups in total. The Bertz CT molecular complexity index is 399. The van der Waals surface area contributed by atoms with Crippen molar-refractivity contribution in [1.29, 1.82) is 0 Å². The van der Waals surface area contributed by atoms with Crippen LogP contribution < -0.4 is 5.32 Å². The molecule has 2 heterocycles. The Morgan fingerprint density at radius 2 is 2.24 bits per heavy atom. The predicted octanol–water partition coefficient (Wildman–Crippen LogP) is 1.87. The van der Waals surface area contributed by atoms with E-state index in [0.29, 0.717) is 5.41 Å². The van der Waals surface area contributed by atoms with Gasteiger partial charge in [-0.05, 0) is 22.4 Å². The van der Waals surface area contributed by atoms with Crippen LogP contribution in [0.25, 0.3) is 0 Å². The lowest BCUT2D eigenvalue weighted by Crippen LogP contribution is -2.47. The van der Waals surface area contributed by atoms with Crippen LogP contribution in [0.1, 0.15) is 25.2 Å². The van der Waals surface area contributed by atoms with Crippen LogP contribution in [0.3, 0.4) is 0 Å². The van der Waals surface area contributed by atoms with Crippen molar-refractivity contribution in [1.82, 2.24) is 15.1 Å². The van der Waals surface area contributed by atoms with E-state index in [4.69, 9.17) is 4.74 Å². The summed E-state index contributed by atoms with van der Waals surface area (Å²) < 4.78 is 8.34. The van der Waals surface area contributed by atoms with Gasteiger partial charge in [-0.2, -0.15) is 5.10 Å². The Morgan fingerprint density at radius 1 is 1.53 bits per heavy atom. The third-order valence-electron chi connectivity index (χ3n) is 3.25. The van der Waals surface area contributed by atoms with Crippen LogP contribution in [0.15, 0.2) is 4.47 Å². The standard InChI is InChI=1S/C12H20BrN3O/c1-4-9-11(13)10(16(3)15-9)5-14-6-12(2)7-17-8-12/h14H,4-8H2,1-3H3. The first kappa shape index (κ1) is 13.1. The molecule has 0 saturated carbocycles. The van der Waals surface area contributed by atoms with Crippen LogP contribution in [0.5, 0.6) is 0 Å². The van der Waals surface area contributed by atoms with Crippen LogP contribution in [0.4, 0.5) is 0 Å². The van der Waals surface area contributed by atoms with Gasteiger partial charge in [-0.15, -0.1) is 0 Å². The van der Waals surface area contributed by atoms with Crippen molar-refractivity contribution in [3.05, 3.63) is 15.9 Å². The van der Waals surface area contributed by atoms with Crippen molar-refractivity contribution in [3.63, 3.8) is 0 Å². The SMILES string of the molecule is CCc1nn(C)c(CNCC2(C)COC2)c1Br. The first-order valence-corrected chi connectivity index (χ1v) is 6.84. The quantitative estimate of drug-likeness (QED) is 0.902. The van der Waals surface area contributed by atoms with Gasteiger partial charge in [0.05, 0.1) is 29.1 Å². The van der Waals surface area contributed by atoms with Crippen molar-refractivity contribution in [2.24, 2.45) is 12.5 Å². The number of aryl methyl sites for hydroxylation is 2.